The minimum absolute atomic E-state index is 0.231. The molecule has 3 heterocycles. The first kappa shape index (κ1) is 13.5. The van der Waals surface area contributed by atoms with Gasteiger partial charge in [0, 0.05) is 24.0 Å². The molecule has 1 fully saturated rings. The van der Waals surface area contributed by atoms with Gasteiger partial charge in [-0.25, -0.2) is 9.67 Å². The maximum Gasteiger partial charge on any atom is 0.179 e. The van der Waals surface area contributed by atoms with Crippen molar-refractivity contribution in [2.24, 2.45) is 0 Å². The van der Waals surface area contributed by atoms with Gasteiger partial charge in [0.1, 0.15) is 5.69 Å². The van der Waals surface area contributed by atoms with Gasteiger partial charge in [-0.05, 0) is 26.3 Å². The maximum absolute atomic E-state index is 5.47. The number of aromatic amines is 1. The fourth-order valence-electron chi connectivity index (χ4n) is 2.91. The van der Waals surface area contributed by atoms with Crippen molar-refractivity contribution in [2.75, 3.05) is 13.2 Å². The van der Waals surface area contributed by atoms with E-state index in [1.165, 1.54) is 0 Å². The molecule has 114 valence electrons. The Kier molecular flexibility index (Phi) is 3.18. The van der Waals surface area contributed by atoms with Crippen LogP contribution in [0.3, 0.4) is 0 Å². The second-order valence-corrected chi connectivity index (χ2v) is 6.01. The molecule has 1 aliphatic heterocycles. The van der Waals surface area contributed by atoms with Crippen LogP contribution in [0.1, 0.15) is 38.1 Å². The molecular weight excluding hydrogens is 278 g/mol. The predicted octanol–water partition coefficient (Wildman–Crippen LogP) is 2.91. The van der Waals surface area contributed by atoms with Crippen LogP contribution in [-0.4, -0.2) is 38.2 Å². The summed E-state index contributed by atoms with van der Waals surface area (Å²) in [5.41, 5.74) is 1.88. The lowest BCUT2D eigenvalue weighted by Gasteiger charge is -2.07. The summed E-state index contributed by atoms with van der Waals surface area (Å²) >= 11 is 0. The zero-order valence-electron chi connectivity index (χ0n) is 12.8. The summed E-state index contributed by atoms with van der Waals surface area (Å²) in [4.78, 5) is 4.80. The lowest BCUT2D eigenvalue weighted by Crippen LogP contribution is -2.07. The van der Waals surface area contributed by atoms with E-state index in [1.54, 1.807) is 0 Å². The minimum Gasteiger partial charge on any atom is -0.381 e. The molecule has 0 radical (unpaired) electrons. The van der Waals surface area contributed by atoms with Crippen LogP contribution in [0.25, 0.3) is 22.4 Å². The van der Waals surface area contributed by atoms with E-state index in [0.717, 1.165) is 41.3 Å². The average molecular weight is 297 g/mol. The van der Waals surface area contributed by atoms with E-state index in [1.807, 2.05) is 22.9 Å². The van der Waals surface area contributed by atoms with Crippen molar-refractivity contribution in [1.29, 1.82) is 0 Å². The van der Waals surface area contributed by atoms with Crippen molar-refractivity contribution in [3.8, 4) is 11.5 Å². The first-order valence-corrected chi connectivity index (χ1v) is 7.71. The number of aromatic nitrogens is 5. The molecular formula is C16H19N5O. The number of rotatable bonds is 3. The number of benzene rings is 1. The number of H-pyrrole nitrogens is 1. The van der Waals surface area contributed by atoms with Crippen molar-refractivity contribution < 1.29 is 4.74 Å². The topological polar surface area (TPSA) is 68.6 Å². The Hall–Kier alpha value is -2.21. The van der Waals surface area contributed by atoms with Crippen LogP contribution in [-0.2, 0) is 4.74 Å². The van der Waals surface area contributed by atoms with Gasteiger partial charge in [0.15, 0.2) is 11.6 Å². The van der Waals surface area contributed by atoms with Gasteiger partial charge >= 0.3 is 0 Å². The van der Waals surface area contributed by atoms with Crippen LogP contribution in [0.4, 0.5) is 0 Å². The zero-order valence-corrected chi connectivity index (χ0v) is 12.8. The smallest absolute Gasteiger partial charge is 0.179 e. The second kappa shape index (κ2) is 5.21. The summed E-state index contributed by atoms with van der Waals surface area (Å²) in [6.45, 7) is 5.73. The highest BCUT2D eigenvalue weighted by Gasteiger charge is 2.26. The third kappa shape index (κ3) is 2.11. The molecule has 0 bridgehead atoms. The SMILES string of the molecule is CC(C)n1nc(C2CCOC2)nc1-c1n[nH]c2ccccc12. The molecule has 1 aromatic carbocycles. The number of ether oxygens (including phenoxy) is 1. The van der Waals surface area contributed by atoms with Crippen molar-refractivity contribution in [3.63, 3.8) is 0 Å². The van der Waals surface area contributed by atoms with Gasteiger partial charge < -0.3 is 4.74 Å². The standard InChI is InChI=1S/C16H19N5O/c1-10(2)21-16(17-15(20-21)11-7-8-22-9-11)14-12-5-3-4-6-13(12)18-19-14/h3-6,10-11H,7-9H2,1-2H3,(H,18,19). The largest absolute Gasteiger partial charge is 0.381 e. The number of para-hydroxylation sites is 1. The Morgan fingerprint density at radius 2 is 2.18 bits per heavy atom. The highest BCUT2D eigenvalue weighted by molar-refractivity contribution is 5.91. The first-order valence-electron chi connectivity index (χ1n) is 7.71. The van der Waals surface area contributed by atoms with E-state index < -0.39 is 0 Å². The molecule has 0 spiro atoms. The summed E-state index contributed by atoms with van der Waals surface area (Å²) in [5, 5.41) is 13.3. The van der Waals surface area contributed by atoms with Crippen molar-refractivity contribution in [1.82, 2.24) is 25.0 Å². The Labute approximate surface area is 128 Å². The van der Waals surface area contributed by atoms with E-state index in [0.29, 0.717) is 12.5 Å². The third-order valence-electron chi connectivity index (χ3n) is 4.11. The average Bonchev–Trinajstić information content (AvgIpc) is 3.25. The summed E-state index contributed by atoms with van der Waals surface area (Å²) in [6.07, 6.45) is 0.989. The molecule has 4 rings (SSSR count). The maximum atomic E-state index is 5.47. The number of hydrogen-bond donors (Lipinski definition) is 1. The van der Waals surface area contributed by atoms with Crippen LogP contribution in [0.15, 0.2) is 24.3 Å². The fourth-order valence-corrected chi connectivity index (χ4v) is 2.91. The van der Waals surface area contributed by atoms with E-state index >= 15 is 0 Å². The summed E-state index contributed by atoms with van der Waals surface area (Å²) in [7, 11) is 0. The van der Waals surface area contributed by atoms with Gasteiger partial charge in [-0.3, -0.25) is 5.10 Å². The number of hydrogen-bond acceptors (Lipinski definition) is 4. The van der Waals surface area contributed by atoms with E-state index in [4.69, 9.17) is 14.8 Å². The van der Waals surface area contributed by atoms with Crippen LogP contribution < -0.4 is 0 Å². The minimum atomic E-state index is 0.231. The molecule has 6 nitrogen and oxygen atoms in total. The molecule has 1 saturated heterocycles. The molecule has 1 aliphatic rings. The highest BCUT2D eigenvalue weighted by atomic mass is 16.5. The number of nitrogens with zero attached hydrogens (tertiary/aromatic N) is 4. The second-order valence-electron chi connectivity index (χ2n) is 6.01. The van der Waals surface area contributed by atoms with E-state index in [-0.39, 0.29) is 6.04 Å². The van der Waals surface area contributed by atoms with Gasteiger partial charge in [-0.2, -0.15) is 10.2 Å². The van der Waals surface area contributed by atoms with Gasteiger partial charge in [0.25, 0.3) is 0 Å². The molecule has 1 N–H and O–H groups in total. The normalized spacial score (nSPS) is 18.6. The van der Waals surface area contributed by atoms with Gasteiger partial charge in [0.05, 0.1) is 12.1 Å². The van der Waals surface area contributed by atoms with E-state index in [9.17, 15) is 0 Å². The number of fused-ring (bicyclic) bond motifs is 1. The van der Waals surface area contributed by atoms with Crippen LogP contribution in [0.2, 0.25) is 0 Å². The number of nitrogens with one attached hydrogen (secondary N) is 1. The molecule has 0 saturated carbocycles. The predicted molar refractivity (Wildman–Crippen MR) is 83.7 cm³/mol. The zero-order chi connectivity index (χ0) is 15.1. The Bertz CT molecular complexity index is 798. The van der Waals surface area contributed by atoms with Gasteiger partial charge in [-0.1, -0.05) is 18.2 Å². The molecule has 2 aromatic heterocycles. The van der Waals surface area contributed by atoms with Crippen LogP contribution in [0.5, 0.6) is 0 Å². The molecule has 0 aliphatic carbocycles. The summed E-state index contributed by atoms with van der Waals surface area (Å²) in [6, 6.07) is 8.33. The van der Waals surface area contributed by atoms with Crippen molar-refractivity contribution in [3.05, 3.63) is 30.1 Å². The van der Waals surface area contributed by atoms with Gasteiger partial charge in [-0.15, -0.1) is 0 Å². The lowest BCUT2D eigenvalue weighted by atomic mass is 10.1. The molecule has 1 atom stereocenters. The first-order chi connectivity index (χ1) is 10.7. The molecule has 6 heteroatoms. The highest BCUT2D eigenvalue weighted by Crippen LogP contribution is 2.30. The van der Waals surface area contributed by atoms with E-state index in [2.05, 4.69) is 30.1 Å². The molecule has 22 heavy (non-hydrogen) atoms. The fraction of sp³-hybridized carbons (Fsp3) is 0.438. The van der Waals surface area contributed by atoms with Gasteiger partial charge in [0.2, 0.25) is 0 Å². The quantitative estimate of drug-likeness (QED) is 0.807. The van der Waals surface area contributed by atoms with Crippen molar-refractivity contribution >= 4 is 10.9 Å². The third-order valence-corrected chi connectivity index (χ3v) is 4.11. The summed E-state index contributed by atoms with van der Waals surface area (Å²) in [5.74, 6) is 1.99. The van der Waals surface area contributed by atoms with Crippen LogP contribution >= 0.6 is 0 Å². The molecule has 3 aromatic rings. The van der Waals surface area contributed by atoms with Crippen LogP contribution in [0, 0.1) is 0 Å². The Morgan fingerprint density at radius 1 is 1.32 bits per heavy atom. The monoisotopic (exact) mass is 297 g/mol. The summed E-state index contributed by atoms with van der Waals surface area (Å²) < 4.78 is 7.44. The lowest BCUT2D eigenvalue weighted by molar-refractivity contribution is 0.193. The molecule has 1 unspecified atom stereocenters. The van der Waals surface area contributed by atoms with Crippen molar-refractivity contribution in [2.45, 2.75) is 32.2 Å². The Morgan fingerprint density at radius 3 is 2.95 bits per heavy atom. The Balaban J connectivity index is 1.86. The molecule has 0 amide bonds.